The van der Waals surface area contributed by atoms with E-state index in [2.05, 4.69) is 11.9 Å². The third kappa shape index (κ3) is 5.50. The van der Waals surface area contributed by atoms with E-state index in [1.807, 2.05) is 53.9 Å². The van der Waals surface area contributed by atoms with E-state index >= 15 is 0 Å². The zero-order valence-electron chi connectivity index (χ0n) is 21.4. The van der Waals surface area contributed by atoms with E-state index in [-0.39, 0.29) is 24.3 Å². The lowest BCUT2D eigenvalue weighted by atomic mass is 9.77. The maximum Gasteiger partial charge on any atom is 0.321 e. The van der Waals surface area contributed by atoms with Crippen molar-refractivity contribution < 1.29 is 19.1 Å². The Balaban J connectivity index is 1.72. The van der Waals surface area contributed by atoms with Gasteiger partial charge in [0.2, 0.25) is 5.91 Å². The number of hydrogen-bond donors (Lipinski definition) is 1. The van der Waals surface area contributed by atoms with E-state index in [0.29, 0.717) is 36.2 Å². The van der Waals surface area contributed by atoms with Crippen molar-refractivity contribution in [3.63, 3.8) is 0 Å². The average Bonchev–Trinajstić information content (AvgIpc) is 3.64. The minimum atomic E-state index is -0.944. The number of thiophene rings is 1. The van der Waals surface area contributed by atoms with Crippen LogP contribution >= 0.6 is 22.9 Å². The van der Waals surface area contributed by atoms with Gasteiger partial charge in [0.15, 0.2) is 5.78 Å². The van der Waals surface area contributed by atoms with Gasteiger partial charge in [-0.3, -0.25) is 9.59 Å². The molecule has 2 fully saturated rings. The number of rotatable bonds is 7. The number of benzene rings is 2. The molecule has 4 unspecified atom stereocenters. The Morgan fingerprint density at radius 2 is 1.72 bits per heavy atom. The molecule has 3 aromatic rings. The molecule has 0 spiro atoms. The highest BCUT2D eigenvalue weighted by atomic mass is 35.5. The number of urea groups is 1. The maximum atomic E-state index is 14.3. The van der Waals surface area contributed by atoms with Gasteiger partial charge in [-0.05, 0) is 34.7 Å². The monoisotopic (exact) mass is 563 g/mol. The topological polar surface area (TPSA) is 79.0 Å². The van der Waals surface area contributed by atoms with E-state index in [4.69, 9.17) is 16.3 Å². The van der Waals surface area contributed by atoms with Crippen LogP contribution in [-0.4, -0.2) is 66.4 Å². The van der Waals surface area contributed by atoms with Gasteiger partial charge in [0.25, 0.3) is 0 Å². The van der Waals surface area contributed by atoms with Gasteiger partial charge in [0, 0.05) is 30.6 Å². The number of nitrogens with zero attached hydrogens (tertiary/aromatic N) is 2. The lowest BCUT2D eigenvalue weighted by Crippen LogP contribution is -2.54. The van der Waals surface area contributed by atoms with Crippen molar-refractivity contribution in [2.24, 2.45) is 5.92 Å². The third-order valence-corrected chi connectivity index (χ3v) is 8.46. The van der Waals surface area contributed by atoms with Crippen LogP contribution < -0.4 is 5.32 Å². The van der Waals surface area contributed by atoms with Crippen LogP contribution in [0.25, 0.3) is 0 Å². The van der Waals surface area contributed by atoms with Crippen LogP contribution in [0, 0.1) is 5.92 Å². The SMILES string of the molecule is C=CCNC(=O)C1C(c2ccc(Cl)cc2)C(C(=O)c2cccs2)C(c2ccccc2)N1C(=O)N1CCOCC1. The minimum absolute atomic E-state index is 0.0994. The van der Waals surface area contributed by atoms with Crippen LogP contribution in [0.4, 0.5) is 4.79 Å². The molecule has 1 aromatic heterocycles. The van der Waals surface area contributed by atoms with Crippen molar-refractivity contribution in [2.45, 2.75) is 18.0 Å². The first-order chi connectivity index (χ1) is 19.0. The number of carbonyl (C=O) groups is 3. The summed E-state index contributed by atoms with van der Waals surface area (Å²) in [6.45, 7) is 5.62. The quantitative estimate of drug-likeness (QED) is 0.318. The van der Waals surface area contributed by atoms with Crippen LogP contribution in [0.5, 0.6) is 0 Å². The van der Waals surface area contributed by atoms with E-state index in [0.717, 1.165) is 11.1 Å². The third-order valence-electron chi connectivity index (χ3n) is 7.32. The average molecular weight is 564 g/mol. The van der Waals surface area contributed by atoms with Crippen LogP contribution in [-0.2, 0) is 9.53 Å². The molecule has 9 heteroatoms. The number of nitrogens with one attached hydrogen (secondary N) is 1. The molecule has 2 aromatic carbocycles. The fourth-order valence-electron chi connectivity index (χ4n) is 5.62. The summed E-state index contributed by atoms with van der Waals surface area (Å²) < 4.78 is 5.49. The molecule has 2 aliphatic heterocycles. The fraction of sp³-hybridized carbons (Fsp3) is 0.300. The standard InChI is InChI=1S/C30H30ClN3O4S/c1-2-14-32-29(36)27-24(20-10-12-22(31)13-11-20)25(28(35)23-9-6-19-39-23)26(21-7-4-3-5-8-21)34(27)30(37)33-15-17-38-18-16-33/h2-13,19,24-27H,1,14-18H2,(H,32,36). The van der Waals surface area contributed by atoms with Crippen molar-refractivity contribution in [2.75, 3.05) is 32.8 Å². The van der Waals surface area contributed by atoms with Crippen LogP contribution in [0.3, 0.4) is 0 Å². The Kier molecular flexibility index (Phi) is 8.45. The van der Waals surface area contributed by atoms with Gasteiger partial charge in [0.1, 0.15) is 6.04 Å². The predicted octanol–water partition coefficient (Wildman–Crippen LogP) is 5.16. The molecule has 2 saturated heterocycles. The molecule has 39 heavy (non-hydrogen) atoms. The second-order valence-electron chi connectivity index (χ2n) is 9.57. The Labute approximate surface area is 237 Å². The molecule has 7 nitrogen and oxygen atoms in total. The zero-order valence-corrected chi connectivity index (χ0v) is 22.9. The number of likely N-dealkylation sites (tertiary alicyclic amines) is 1. The second-order valence-corrected chi connectivity index (χ2v) is 11.0. The highest BCUT2D eigenvalue weighted by Gasteiger charge is 2.58. The largest absolute Gasteiger partial charge is 0.378 e. The highest BCUT2D eigenvalue weighted by Crippen LogP contribution is 2.52. The summed E-state index contributed by atoms with van der Waals surface area (Å²) in [7, 11) is 0. The van der Waals surface area contributed by atoms with Gasteiger partial charge in [0.05, 0.1) is 30.1 Å². The second kappa shape index (κ2) is 12.2. The molecule has 2 aliphatic rings. The Bertz CT molecular complexity index is 1310. The van der Waals surface area contributed by atoms with E-state index in [1.54, 1.807) is 34.1 Å². The lowest BCUT2D eigenvalue weighted by Gasteiger charge is -2.37. The molecule has 0 aliphatic carbocycles. The first-order valence-corrected chi connectivity index (χ1v) is 14.2. The first kappa shape index (κ1) is 27.1. The molecule has 202 valence electrons. The Hall–Kier alpha value is -3.46. The first-order valence-electron chi connectivity index (χ1n) is 12.9. The summed E-state index contributed by atoms with van der Waals surface area (Å²) in [6, 6.07) is 18.5. The molecule has 0 radical (unpaired) electrons. The molecular weight excluding hydrogens is 534 g/mol. The molecule has 0 bridgehead atoms. The molecule has 4 atom stereocenters. The lowest BCUT2D eigenvalue weighted by molar-refractivity contribution is -0.125. The van der Waals surface area contributed by atoms with E-state index in [1.165, 1.54) is 11.3 Å². The van der Waals surface area contributed by atoms with Gasteiger partial charge in [-0.25, -0.2) is 4.79 Å². The molecule has 0 saturated carbocycles. The summed E-state index contributed by atoms with van der Waals surface area (Å²) in [6.07, 6.45) is 1.60. The molecule has 5 rings (SSSR count). The summed E-state index contributed by atoms with van der Waals surface area (Å²) in [5.74, 6) is -1.76. The van der Waals surface area contributed by atoms with Crippen LogP contribution in [0.1, 0.15) is 32.8 Å². The normalized spacial score (nSPS) is 22.9. The molecule has 3 heterocycles. The van der Waals surface area contributed by atoms with Crippen LogP contribution in [0.2, 0.25) is 5.02 Å². The summed E-state index contributed by atoms with van der Waals surface area (Å²) in [5.41, 5.74) is 1.57. The van der Waals surface area contributed by atoms with Gasteiger partial charge in [-0.15, -0.1) is 17.9 Å². The summed E-state index contributed by atoms with van der Waals surface area (Å²) in [5, 5.41) is 5.32. The van der Waals surface area contributed by atoms with Crippen molar-refractivity contribution in [1.29, 1.82) is 0 Å². The van der Waals surface area contributed by atoms with Gasteiger partial charge >= 0.3 is 6.03 Å². The summed E-state index contributed by atoms with van der Waals surface area (Å²) in [4.78, 5) is 46.5. The van der Waals surface area contributed by atoms with Gasteiger partial charge < -0.3 is 19.9 Å². The number of amides is 3. The zero-order chi connectivity index (χ0) is 27.4. The summed E-state index contributed by atoms with van der Waals surface area (Å²) >= 11 is 7.59. The molecular formula is C30H30ClN3O4S. The van der Waals surface area contributed by atoms with Crippen molar-refractivity contribution >= 4 is 40.7 Å². The molecule has 1 N–H and O–H groups in total. The number of hydrogen-bond acceptors (Lipinski definition) is 5. The van der Waals surface area contributed by atoms with Gasteiger partial charge in [-0.1, -0.05) is 66.2 Å². The van der Waals surface area contributed by atoms with Crippen molar-refractivity contribution in [1.82, 2.24) is 15.1 Å². The van der Waals surface area contributed by atoms with Crippen molar-refractivity contribution in [3.8, 4) is 0 Å². The number of Topliss-reactive ketones (excluding diaryl/α,β-unsaturated/α-hetero) is 1. The Morgan fingerprint density at radius 1 is 1.00 bits per heavy atom. The number of morpholine rings is 1. The highest BCUT2D eigenvalue weighted by molar-refractivity contribution is 7.12. The van der Waals surface area contributed by atoms with Crippen LogP contribution in [0.15, 0.2) is 84.8 Å². The maximum absolute atomic E-state index is 14.3. The molecule has 3 amide bonds. The van der Waals surface area contributed by atoms with E-state index < -0.39 is 23.9 Å². The van der Waals surface area contributed by atoms with Crippen molar-refractivity contribution in [3.05, 3.63) is 106 Å². The van der Waals surface area contributed by atoms with E-state index in [9.17, 15) is 14.4 Å². The minimum Gasteiger partial charge on any atom is -0.378 e. The number of ether oxygens (including phenoxy) is 1. The Morgan fingerprint density at radius 3 is 2.36 bits per heavy atom. The number of carbonyl (C=O) groups excluding carboxylic acids is 3. The number of ketones is 1. The number of halogens is 1. The smallest absolute Gasteiger partial charge is 0.321 e. The fourth-order valence-corrected chi connectivity index (χ4v) is 6.46. The predicted molar refractivity (Wildman–Crippen MR) is 152 cm³/mol. The van der Waals surface area contributed by atoms with Gasteiger partial charge in [-0.2, -0.15) is 0 Å².